The SMILES string of the molecule is COC(=O)[Si](N)CCC(=O)N1CCOc2ccccc2C1. The van der Waals surface area contributed by atoms with E-state index in [1.807, 2.05) is 24.3 Å². The Balaban J connectivity index is 1.93. The summed E-state index contributed by atoms with van der Waals surface area (Å²) in [5, 5.41) is 5.74. The number of nitrogens with two attached hydrogens (primary N) is 1. The van der Waals surface area contributed by atoms with Crippen molar-refractivity contribution in [3.8, 4) is 5.75 Å². The summed E-state index contributed by atoms with van der Waals surface area (Å²) in [7, 11) is -0.450. The van der Waals surface area contributed by atoms with E-state index in [2.05, 4.69) is 4.74 Å². The van der Waals surface area contributed by atoms with Crippen LogP contribution in [0.1, 0.15) is 12.0 Å². The van der Waals surface area contributed by atoms with Crippen molar-refractivity contribution in [1.29, 1.82) is 0 Å². The van der Waals surface area contributed by atoms with E-state index in [-0.39, 0.29) is 12.3 Å². The van der Waals surface area contributed by atoms with Gasteiger partial charge in [0.05, 0.1) is 13.7 Å². The minimum absolute atomic E-state index is 0.00726. The van der Waals surface area contributed by atoms with Crippen LogP contribution in [0, 0.1) is 0 Å². The molecule has 21 heavy (non-hydrogen) atoms. The first kappa shape index (κ1) is 15.5. The molecule has 1 radical (unpaired) electrons. The zero-order chi connectivity index (χ0) is 15.2. The molecule has 0 bridgehead atoms. The third-order valence-corrected chi connectivity index (χ3v) is 4.88. The van der Waals surface area contributed by atoms with Gasteiger partial charge in [-0.05, 0) is 12.1 Å². The Morgan fingerprint density at radius 1 is 1.43 bits per heavy atom. The Kier molecular flexibility index (Phi) is 5.35. The molecule has 6 nitrogen and oxygen atoms in total. The fourth-order valence-corrected chi connectivity index (χ4v) is 3.12. The molecular formula is C14H19N2O4Si. The van der Waals surface area contributed by atoms with Crippen molar-refractivity contribution < 1.29 is 19.1 Å². The van der Waals surface area contributed by atoms with E-state index in [9.17, 15) is 9.59 Å². The molecule has 7 heteroatoms. The Morgan fingerprint density at radius 2 is 2.19 bits per heavy atom. The van der Waals surface area contributed by atoms with Crippen molar-refractivity contribution in [2.45, 2.75) is 19.0 Å². The van der Waals surface area contributed by atoms with Crippen LogP contribution in [0.4, 0.5) is 4.79 Å². The van der Waals surface area contributed by atoms with Gasteiger partial charge in [-0.3, -0.25) is 9.59 Å². The first-order valence-electron chi connectivity index (χ1n) is 6.80. The molecule has 2 rings (SSSR count). The van der Waals surface area contributed by atoms with Crippen LogP contribution in [0.25, 0.3) is 0 Å². The highest BCUT2D eigenvalue weighted by atomic mass is 28.3. The zero-order valence-electron chi connectivity index (χ0n) is 12.0. The molecule has 1 aliphatic heterocycles. The van der Waals surface area contributed by atoms with Crippen LogP contribution in [0.3, 0.4) is 0 Å². The second-order valence-electron chi connectivity index (χ2n) is 4.79. The van der Waals surface area contributed by atoms with Crippen LogP contribution >= 0.6 is 0 Å². The first-order chi connectivity index (χ1) is 10.1. The minimum Gasteiger partial charge on any atom is -0.491 e. The van der Waals surface area contributed by atoms with Crippen LogP contribution in [0.15, 0.2) is 24.3 Å². The van der Waals surface area contributed by atoms with E-state index in [1.165, 1.54) is 7.11 Å². The number of methoxy groups -OCH3 is 1. The molecule has 0 aromatic heterocycles. The van der Waals surface area contributed by atoms with Crippen molar-refractivity contribution in [3.63, 3.8) is 0 Å². The fourth-order valence-electron chi connectivity index (χ4n) is 2.17. The average molecular weight is 307 g/mol. The summed E-state index contributed by atoms with van der Waals surface area (Å²) in [6, 6.07) is 8.08. The lowest BCUT2D eigenvalue weighted by Crippen LogP contribution is -2.38. The quantitative estimate of drug-likeness (QED) is 0.842. The van der Waals surface area contributed by atoms with Crippen molar-refractivity contribution in [3.05, 3.63) is 29.8 Å². The van der Waals surface area contributed by atoms with Gasteiger partial charge in [0, 0.05) is 18.5 Å². The van der Waals surface area contributed by atoms with E-state index < -0.39 is 14.6 Å². The number of rotatable bonds is 4. The number of hydrogen-bond acceptors (Lipinski definition) is 5. The third-order valence-electron chi connectivity index (χ3n) is 3.36. The molecule has 0 atom stereocenters. The normalized spacial score (nSPS) is 14.1. The number of ether oxygens (including phenoxy) is 2. The summed E-state index contributed by atoms with van der Waals surface area (Å²) < 4.78 is 10.2. The molecule has 0 spiro atoms. The fraction of sp³-hybridized carbons (Fsp3) is 0.429. The molecule has 1 aromatic carbocycles. The Bertz CT molecular complexity index is 523. The topological polar surface area (TPSA) is 81.9 Å². The number of para-hydroxylation sites is 1. The monoisotopic (exact) mass is 307 g/mol. The highest BCUT2D eigenvalue weighted by Crippen LogP contribution is 2.22. The van der Waals surface area contributed by atoms with Crippen LogP contribution in [0.5, 0.6) is 5.75 Å². The van der Waals surface area contributed by atoms with Crippen molar-refractivity contribution >= 4 is 20.5 Å². The van der Waals surface area contributed by atoms with E-state index in [0.29, 0.717) is 25.7 Å². The molecular weight excluding hydrogens is 288 g/mol. The number of benzene rings is 1. The predicted molar refractivity (Wildman–Crippen MR) is 79.1 cm³/mol. The van der Waals surface area contributed by atoms with E-state index in [1.54, 1.807) is 4.90 Å². The maximum absolute atomic E-state index is 12.3. The van der Waals surface area contributed by atoms with Crippen LogP contribution in [0.2, 0.25) is 6.04 Å². The number of carbonyl (C=O) groups excluding carboxylic acids is 2. The maximum Gasteiger partial charge on any atom is 0.288 e. The van der Waals surface area contributed by atoms with Gasteiger partial charge in [0.1, 0.15) is 12.4 Å². The Morgan fingerprint density at radius 3 is 2.95 bits per heavy atom. The van der Waals surface area contributed by atoms with Gasteiger partial charge in [0.15, 0.2) is 0 Å². The summed E-state index contributed by atoms with van der Waals surface area (Å²) in [4.78, 5) is 25.3. The lowest BCUT2D eigenvalue weighted by atomic mass is 10.2. The lowest BCUT2D eigenvalue weighted by molar-refractivity contribution is -0.131. The highest BCUT2D eigenvalue weighted by molar-refractivity contribution is 6.86. The largest absolute Gasteiger partial charge is 0.491 e. The smallest absolute Gasteiger partial charge is 0.288 e. The summed E-state index contributed by atoms with van der Waals surface area (Å²) in [6.07, 6.45) is 0.266. The second kappa shape index (κ2) is 7.23. The molecule has 0 saturated heterocycles. The zero-order valence-corrected chi connectivity index (χ0v) is 13.0. The van der Waals surface area contributed by atoms with E-state index >= 15 is 0 Å². The molecule has 2 N–H and O–H groups in total. The molecule has 113 valence electrons. The first-order valence-corrected chi connectivity index (χ1v) is 8.58. The highest BCUT2D eigenvalue weighted by Gasteiger charge is 2.23. The van der Waals surface area contributed by atoms with Crippen LogP contribution < -0.4 is 10.1 Å². The molecule has 0 fully saturated rings. The number of carbonyl (C=O) groups is 2. The van der Waals surface area contributed by atoms with Gasteiger partial charge >= 0.3 is 0 Å². The van der Waals surface area contributed by atoms with Gasteiger partial charge in [0.25, 0.3) is 14.6 Å². The molecule has 0 aliphatic carbocycles. The van der Waals surface area contributed by atoms with Crippen molar-refractivity contribution in [1.82, 2.24) is 4.90 Å². The molecule has 1 aliphatic rings. The number of hydrogen-bond donors (Lipinski definition) is 1. The van der Waals surface area contributed by atoms with Crippen LogP contribution in [-0.2, 0) is 16.1 Å². The molecule has 1 amide bonds. The van der Waals surface area contributed by atoms with Gasteiger partial charge in [0.2, 0.25) is 5.91 Å². The summed E-state index contributed by atoms with van der Waals surface area (Å²) in [5.41, 5.74) is 0.604. The summed E-state index contributed by atoms with van der Waals surface area (Å²) >= 11 is 0. The minimum atomic E-state index is -1.76. The average Bonchev–Trinajstić information content (AvgIpc) is 2.73. The van der Waals surface area contributed by atoms with Crippen LogP contribution in [-0.4, -0.2) is 45.6 Å². The third kappa shape index (κ3) is 4.05. The Hall–Kier alpha value is -1.86. The maximum atomic E-state index is 12.3. The molecule has 1 heterocycles. The predicted octanol–water partition coefficient (Wildman–Crippen LogP) is 1.10. The molecule has 0 unspecified atom stereocenters. The van der Waals surface area contributed by atoms with Crippen molar-refractivity contribution in [2.75, 3.05) is 20.3 Å². The summed E-state index contributed by atoms with van der Waals surface area (Å²) in [6.45, 7) is 1.54. The standard InChI is InChI=1S/C14H19N2O4Si/c1-19-14(18)21(15)9-6-13(17)16-7-8-20-12-5-3-2-4-11(12)10-16/h2-5H,6-10,15H2,1H3. The van der Waals surface area contributed by atoms with Gasteiger partial charge in [-0.2, -0.15) is 0 Å². The second-order valence-corrected chi connectivity index (χ2v) is 6.75. The molecule has 0 saturated carbocycles. The number of nitrogens with zero attached hydrogens (tertiary/aromatic N) is 1. The Labute approximate surface area is 125 Å². The summed E-state index contributed by atoms with van der Waals surface area (Å²) in [5.74, 6) is 0.818. The van der Waals surface area contributed by atoms with Gasteiger partial charge in [-0.25, -0.2) is 0 Å². The van der Waals surface area contributed by atoms with Crippen molar-refractivity contribution in [2.24, 2.45) is 5.40 Å². The van der Waals surface area contributed by atoms with E-state index in [0.717, 1.165) is 11.3 Å². The van der Waals surface area contributed by atoms with Gasteiger partial charge in [-0.1, -0.05) is 18.2 Å². The van der Waals surface area contributed by atoms with E-state index in [4.69, 9.17) is 10.1 Å². The number of amides is 1. The number of fused-ring (bicyclic) bond motifs is 1. The lowest BCUT2D eigenvalue weighted by Gasteiger charge is -2.20. The van der Waals surface area contributed by atoms with Gasteiger partial charge in [-0.15, -0.1) is 0 Å². The molecule has 1 aromatic rings. The van der Waals surface area contributed by atoms with Gasteiger partial charge < -0.3 is 19.8 Å².